The molecule has 2 aliphatic heterocycles. The summed E-state index contributed by atoms with van der Waals surface area (Å²) in [5.74, 6) is 1.92. The molecule has 4 aliphatic rings. The van der Waals surface area contributed by atoms with Crippen LogP contribution in [-0.4, -0.2) is 62.1 Å². The van der Waals surface area contributed by atoms with Crippen LogP contribution in [-0.2, 0) is 10.0 Å². The third kappa shape index (κ3) is 3.98. The van der Waals surface area contributed by atoms with Crippen molar-refractivity contribution in [3.63, 3.8) is 0 Å². The SMILES string of the molecule is COc1cccc(S(=O)(=O)N2CCC3(CCN(C(=S)NC4C[C@H]5C=C[C@@H]4C5)C3)CC2)c1. The highest BCUT2D eigenvalue weighted by molar-refractivity contribution is 7.89. The van der Waals surface area contributed by atoms with Crippen LogP contribution in [0.3, 0.4) is 0 Å². The monoisotopic (exact) mass is 461 g/mol. The Balaban J connectivity index is 1.18. The molecule has 6 nitrogen and oxygen atoms in total. The highest BCUT2D eigenvalue weighted by Crippen LogP contribution is 2.42. The highest BCUT2D eigenvalue weighted by atomic mass is 32.2. The maximum absolute atomic E-state index is 13.1. The van der Waals surface area contributed by atoms with Gasteiger partial charge in [0.15, 0.2) is 5.11 Å². The maximum Gasteiger partial charge on any atom is 0.243 e. The smallest absolute Gasteiger partial charge is 0.243 e. The van der Waals surface area contributed by atoms with Gasteiger partial charge in [0.2, 0.25) is 10.0 Å². The van der Waals surface area contributed by atoms with Gasteiger partial charge in [-0.2, -0.15) is 4.31 Å². The number of rotatable bonds is 4. The van der Waals surface area contributed by atoms with Crippen molar-refractivity contribution < 1.29 is 13.2 Å². The largest absolute Gasteiger partial charge is 0.497 e. The first kappa shape index (κ1) is 21.2. The molecule has 1 unspecified atom stereocenters. The predicted octanol–water partition coefficient (Wildman–Crippen LogP) is 3.01. The van der Waals surface area contributed by atoms with E-state index in [1.807, 2.05) is 0 Å². The Morgan fingerprint density at radius 2 is 1.94 bits per heavy atom. The lowest BCUT2D eigenvalue weighted by Gasteiger charge is -2.39. The second kappa shape index (κ2) is 8.05. The minimum absolute atomic E-state index is 0.167. The summed E-state index contributed by atoms with van der Waals surface area (Å²) in [5.41, 5.74) is 0.167. The summed E-state index contributed by atoms with van der Waals surface area (Å²) >= 11 is 5.76. The van der Waals surface area contributed by atoms with E-state index in [-0.39, 0.29) is 5.41 Å². The first-order valence-corrected chi connectivity index (χ1v) is 13.1. The van der Waals surface area contributed by atoms with E-state index in [9.17, 15) is 8.42 Å². The van der Waals surface area contributed by atoms with Gasteiger partial charge in [0.05, 0.1) is 12.0 Å². The van der Waals surface area contributed by atoms with Crippen LogP contribution in [0, 0.1) is 17.3 Å². The van der Waals surface area contributed by atoms with E-state index >= 15 is 0 Å². The van der Waals surface area contributed by atoms with Crippen LogP contribution in [0.2, 0.25) is 0 Å². The van der Waals surface area contributed by atoms with Crippen LogP contribution in [0.25, 0.3) is 0 Å². The molecule has 1 spiro atoms. The number of thiocarbonyl (C=S) groups is 1. The third-order valence-electron chi connectivity index (χ3n) is 7.78. The molecule has 1 aromatic carbocycles. The van der Waals surface area contributed by atoms with Crippen molar-refractivity contribution in [3.8, 4) is 5.75 Å². The van der Waals surface area contributed by atoms with Crippen molar-refractivity contribution in [2.24, 2.45) is 17.3 Å². The number of hydrogen-bond donors (Lipinski definition) is 1. The lowest BCUT2D eigenvalue weighted by Crippen LogP contribution is -2.47. The molecule has 5 rings (SSSR count). The number of allylic oxidation sites excluding steroid dienone is 1. The Labute approximate surface area is 190 Å². The Morgan fingerprint density at radius 1 is 1.16 bits per heavy atom. The first-order valence-electron chi connectivity index (χ1n) is 11.3. The molecule has 2 heterocycles. The molecule has 168 valence electrons. The number of likely N-dealkylation sites (tertiary alicyclic amines) is 1. The van der Waals surface area contributed by atoms with Gasteiger partial charge in [-0.1, -0.05) is 18.2 Å². The third-order valence-corrected chi connectivity index (χ3v) is 10.0. The van der Waals surface area contributed by atoms with E-state index in [1.165, 1.54) is 12.8 Å². The van der Waals surface area contributed by atoms with Crippen molar-refractivity contribution >= 4 is 27.4 Å². The number of nitrogens with one attached hydrogen (secondary N) is 1. The number of methoxy groups -OCH3 is 1. The van der Waals surface area contributed by atoms with Gasteiger partial charge in [0, 0.05) is 38.3 Å². The van der Waals surface area contributed by atoms with Gasteiger partial charge in [-0.05, 0) is 73.7 Å². The molecule has 2 saturated heterocycles. The van der Waals surface area contributed by atoms with E-state index in [0.29, 0.717) is 35.7 Å². The molecule has 31 heavy (non-hydrogen) atoms. The highest BCUT2D eigenvalue weighted by Gasteiger charge is 2.44. The summed E-state index contributed by atoms with van der Waals surface area (Å²) in [4.78, 5) is 2.62. The van der Waals surface area contributed by atoms with Crippen LogP contribution in [0.1, 0.15) is 32.1 Å². The fourth-order valence-electron chi connectivity index (χ4n) is 5.82. The molecule has 0 aromatic heterocycles. The number of benzene rings is 1. The summed E-state index contributed by atoms with van der Waals surface area (Å²) in [6, 6.07) is 7.22. The number of fused-ring (bicyclic) bond motifs is 2. The summed E-state index contributed by atoms with van der Waals surface area (Å²) in [7, 11) is -1.95. The van der Waals surface area contributed by atoms with Crippen molar-refractivity contribution in [2.75, 3.05) is 33.3 Å². The standard InChI is InChI=1S/C23H31N3O3S2/c1-29-19-3-2-4-20(15-19)31(27,28)26-11-8-23(9-12-26)7-10-25(16-23)22(30)24-21-14-17-5-6-18(21)13-17/h2-6,15,17-18,21H,7-14,16H2,1H3,(H,24,30)/t17-,18+,21?/m0/s1. The van der Waals surface area contributed by atoms with Crippen molar-refractivity contribution in [1.82, 2.24) is 14.5 Å². The zero-order valence-electron chi connectivity index (χ0n) is 18.0. The minimum atomic E-state index is -3.50. The minimum Gasteiger partial charge on any atom is -0.497 e. The summed E-state index contributed by atoms with van der Waals surface area (Å²) < 4.78 is 33.1. The number of hydrogen-bond acceptors (Lipinski definition) is 4. The average molecular weight is 462 g/mol. The second-order valence-electron chi connectivity index (χ2n) is 9.59. The second-order valence-corrected chi connectivity index (χ2v) is 11.9. The predicted molar refractivity (Wildman–Crippen MR) is 124 cm³/mol. The summed E-state index contributed by atoms with van der Waals surface area (Å²) in [6.07, 6.45) is 10.00. The first-order chi connectivity index (χ1) is 14.9. The van der Waals surface area contributed by atoms with Crippen LogP contribution in [0.4, 0.5) is 0 Å². The van der Waals surface area contributed by atoms with E-state index in [0.717, 1.165) is 43.4 Å². The quantitative estimate of drug-likeness (QED) is 0.549. The van der Waals surface area contributed by atoms with E-state index in [2.05, 4.69) is 22.4 Å². The van der Waals surface area contributed by atoms with Gasteiger partial charge in [-0.15, -0.1) is 0 Å². The number of ether oxygens (including phenoxy) is 1. The molecule has 3 fully saturated rings. The van der Waals surface area contributed by atoms with Gasteiger partial charge >= 0.3 is 0 Å². The topological polar surface area (TPSA) is 61.9 Å². The number of nitrogens with zero attached hydrogens (tertiary/aromatic N) is 2. The maximum atomic E-state index is 13.1. The van der Waals surface area contributed by atoms with Gasteiger partial charge < -0.3 is 15.0 Å². The molecule has 1 N–H and O–H groups in total. The van der Waals surface area contributed by atoms with Crippen LogP contribution in [0.5, 0.6) is 5.75 Å². The van der Waals surface area contributed by atoms with Gasteiger partial charge in [-0.25, -0.2) is 8.42 Å². The average Bonchev–Trinajstić information content (AvgIpc) is 3.51. The molecule has 3 atom stereocenters. The molecule has 2 aliphatic carbocycles. The molecule has 8 heteroatoms. The molecule has 2 bridgehead atoms. The van der Waals surface area contributed by atoms with Crippen molar-refractivity contribution in [2.45, 2.75) is 43.0 Å². The lowest BCUT2D eigenvalue weighted by atomic mass is 9.78. The lowest BCUT2D eigenvalue weighted by molar-refractivity contribution is 0.166. The normalized spacial score (nSPS) is 29.6. The fourth-order valence-corrected chi connectivity index (χ4v) is 7.61. The number of sulfonamides is 1. The van der Waals surface area contributed by atoms with Gasteiger partial charge in [0.25, 0.3) is 0 Å². The van der Waals surface area contributed by atoms with Crippen LogP contribution >= 0.6 is 12.2 Å². The Hall–Kier alpha value is -1.64. The molecule has 0 amide bonds. The van der Waals surface area contributed by atoms with E-state index < -0.39 is 10.0 Å². The van der Waals surface area contributed by atoms with Crippen LogP contribution < -0.4 is 10.1 Å². The molecule has 1 aromatic rings. The molecular formula is C23H31N3O3S2. The zero-order valence-corrected chi connectivity index (χ0v) is 19.6. The van der Waals surface area contributed by atoms with Crippen molar-refractivity contribution in [3.05, 3.63) is 36.4 Å². The molecular weight excluding hydrogens is 430 g/mol. The summed E-state index contributed by atoms with van der Waals surface area (Å²) in [5, 5.41) is 4.51. The molecule has 1 saturated carbocycles. The summed E-state index contributed by atoms with van der Waals surface area (Å²) in [6.45, 7) is 3.02. The zero-order chi connectivity index (χ0) is 21.6. The molecule has 0 radical (unpaired) electrons. The van der Waals surface area contributed by atoms with Crippen LogP contribution in [0.15, 0.2) is 41.3 Å². The fraction of sp³-hybridized carbons (Fsp3) is 0.609. The Kier molecular flexibility index (Phi) is 5.51. The number of piperidine rings is 1. The van der Waals surface area contributed by atoms with E-state index in [1.54, 1.807) is 35.7 Å². The van der Waals surface area contributed by atoms with Gasteiger partial charge in [-0.3, -0.25) is 0 Å². The Bertz CT molecular complexity index is 986. The van der Waals surface area contributed by atoms with Crippen molar-refractivity contribution in [1.29, 1.82) is 0 Å². The van der Waals surface area contributed by atoms with E-state index in [4.69, 9.17) is 17.0 Å². The van der Waals surface area contributed by atoms with Gasteiger partial charge in [0.1, 0.15) is 5.75 Å². The Morgan fingerprint density at radius 3 is 2.61 bits per heavy atom.